The molecule has 0 saturated heterocycles. The Bertz CT molecular complexity index is 490. The number of benzene rings is 1. The van der Waals surface area contributed by atoms with Gasteiger partial charge in [-0.25, -0.2) is 0 Å². The zero-order chi connectivity index (χ0) is 13.7. The van der Waals surface area contributed by atoms with Gasteiger partial charge in [-0.15, -0.1) is 6.42 Å². The van der Waals surface area contributed by atoms with Crippen molar-refractivity contribution in [2.45, 2.75) is 13.0 Å². The van der Waals surface area contributed by atoms with Crippen LogP contribution in [0.3, 0.4) is 0 Å². The number of nitro groups is 1. The highest BCUT2D eigenvalue weighted by molar-refractivity contribution is 5.55. The van der Waals surface area contributed by atoms with E-state index in [9.17, 15) is 15.2 Å². The summed E-state index contributed by atoms with van der Waals surface area (Å²) in [6.45, 7) is 1.41. The summed E-state index contributed by atoms with van der Waals surface area (Å²) in [5.41, 5.74) is -0.0808. The topological polar surface area (TPSA) is 81.8 Å². The zero-order valence-corrected chi connectivity index (χ0v) is 10.0. The summed E-state index contributed by atoms with van der Waals surface area (Å²) >= 11 is 0. The fourth-order valence-corrected chi connectivity index (χ4v) is 1.45. The monoisotopic (exact) mass is 251 g/mol. The van der Waals surface area contributed by atoms with Gasteiger partial charge in [-0.1, -0.05) is 5.92 Å². The van der Waals surface area contributed by atoms with Gasteiger partial charge in [-0.05, 0) is 13.0 Å². The smallest absolute Gasteiger partial charge is 0.279 e. The number of rotatable bonds is 5. The molecule has 1 atom stereocenters. The van der Waals surface area contributed by atoms with E-state index in [2.05, 4.69) is 5.92 Å². The van der Waals surface area contributed by atoms with Crippen LogP contribution in [0.1, 0.15) is 18.6 Å². The third-order valence-corrected chi connectivity index (χ3v) is 2.27. The van der Waals surface area contributed by atoms with Crippen LogP contribution in [-0.4, -0.2) is 23.7 Å². The summed E-state index contributed by atoms with van der Waals surface area (Å²) in [6, 6.07) is 2.56. The second-order valence-corrected chi connectivity index (χ2v) is 3.49. The molecule has 0 amide bonds. The molecule has 1 unspecified atom stereocenters. The van der Waals surface area contributed by atoms with E-state index in [1.807, 2.05) is 0 Å². The van der Waals surface area contributed by atoms with Gasteiger partial charge in [-0.3, -0.25) is 10.1 Å². The van der Waals surface area contributed by atoms with Crippen molar-refractivity contribution in [3.8, 4) is 23.8 Å². The Kier molecular flexibility index (Phi) is 4.52. The number of nitro benzene ring substituents is 1. The average molecular weight is 251 g/mol. The second-order valence-electron chi connectivity index (χ2n) is 3.49. The summed E-state index contributed by atoms with van der Waals surface area (Å²) in [5, 5.41) is 20.4. The number of aliphatic hydroxyl groups excluding tert-OH is 1. The molecule has 0 aliphatic rings. The Labute approximate surface area is 104 Å². The maximum atomic E-state index is 10.9. The normalized spacial score (nSPS) is 11.4. The largest absolute Gasteiger partial charge is 0.493 e. The highest BCUT2D eigenvalue weighted by Gasteiger charge is 2.22. The van der Waals surface area contributed by atoms with Gasteiger partial charge < -0.3 is 14.6 Å². The minimum Gasteiger partial charge on any atom is -0.493 e. The lowest BCUT2D eigenvalue weighted by atomic mass is 10.1. The lowest BCUT2D eigenvalue weighted by Crippen LogP contribution is -2.03. The molecule has 0 aromatic heterocycles. The van der Waals surface area contributed by atoms with Crippen molar-refractivity contribution >= 4 is 5.69 Å². The van der Waals surface area contributed by atoms with Crippen LogP contribution < -0.4 is 9.47 Å². The molecule has 0 bridgehead atoms. The van der Waals surface area contributed by atoms with Crippen molar-refractivity contribution in [2.24, 2.45) is 0 Å². The molecule has 0 radical (unpaired) electrons. The summed E-state index contributed by atoms with van der Waals surface area (Å²) in [5.74, 6) is 2.71. The summed E-state index contributed by atoms with van der Waals surface area (Å²) in [6.07, 6.45) is 4.07. The molecule has 0 heterocycles. The number of ether oxygens (including phenoxy) is 2. The number of hydrogen-bond acceptors (Lipinski definition) is 5. The van der Waals surface area contributed by atoms with Crippen molar-refractivity contribution in [1.29, 1.82) is 0 Å². The Morgan fingerprint density at radius 1 is 1.56 bits per heavy atom. The van der Waals surface area contributed by atoms with Crippen molar-refractivity contribution in [3.63, 3.8) is 0 Å². The van der Waals surface area contributed by atoms with Gasteiger partial charge in [0.15, 0.2) is 11.5 Å². The van der Waals surface area contributed by atoms with Crippen LogP contribution in [0.25, 0.3) is 0 Å². The van der Waals surface area contributed by atoms with Crippen LogP contribution in [-0.2, 0) is 0 Å². The predicted octanol–water partition coefficient (Wildman–Crippen LogP) is 1.67. The van der Waals surface area contributed by atoms with E-state index in [-0.39, 0.29) is 29.4 Å². The summed E-state index contributed by atoms with van der Waals surface area (Å²) < 4.78 is 10.2. The minimum atomic E-state index is -0.985. The van der Waals surface area contributed by atoms with Crippen molar-refractivity contribution in [2.75, 3.05) is 13.7 Å². The van der Waals surface area contributed by atoms with E-state index in [0.29, 0.717) is 0 Å². The molecule has 1 aromatic carbocycles. The van der Waals surface area contributed by atoms with Crippen LogP contribution in [0, 0.1) is 22.5 Å². The SMILES string of the molecule is C#CCOc1cc([N+](=O)[O-])c(C(C)O)cc1OC. The van der Waals surface area contributed by atoms with Crippen LogP contribution >= 0.6 is 0 Å². The standard InChI is InChI=1S/C12H13NO5/c1-4-5-18-12-7-10(13(15)16)9(8(2)14)6-11(12)17-3/h1,6-8,14H,5H2,2-3H3. The third kappa shape index (κ3) is 2.90. The summed E-state index contributed by atoms with van der Waals surface area (Å²) in [7, 11) is 1.40. The number of methoxy groups -OCH3 is 1. The van der Waals surface area contributed by atoms with Crippen LogP contribution in [0.5, 0.6) is 11.5 Å². The second kappa shape index (κ2) is 5.89. The molecular formula is C12H13NO5. The van der Waals surface area contributed by atoms with E-state index >= 15 is 0 Å². The third-order valence-electron chi connectivity index (χ3n) is 2.27. The first kappa shape index (κ1) is 13.8. The highest BCUT2D eigenvalue weighted by Crippen LogP contribution is 2.37. The average Bonchev–Trinajstić information content (AvgIpc) is 2.34. The van der Waals surface area contributed by atoms with Gasteiger partial charge in [0.2, 0.25) is 0 Å². The predicted molar refractivity (Wildman–Crippen MR) is 64.6 cm³/mol. The van der Waals surface area contributed by atoms with Crippen LogP contribution in [0.2, 0.25) is 0 Å². The maximum absolute atomic E-state index is 10.9. The number of terminal acetylenes is 1. The minimum absolute atomic E-state index is 0.0263. The molecule has 96 valence electrons. The molecule has 0 aliphatic carbocycles. The van der Waals surface area contributed by atoms with Gasteiger partial charge in [-0.2, -0.15) is 0 Å². The Hall–Kier alpha value is -2.26. The van der Waals surface area contributed by atoms with E-state index in [4.69, 9.17) is 15.9 Å². The van der Waals surface area contributed by atoms with Crippen molar-refractivity contribution in [3.05, 3.63) is 27.8 Å². The van der Waals surface area contributed by atoms with Gasteiger partial charge in [0, 0.05) is 0 Å². The molecule has 0 fully saturated rings. The molecule has 0 saturated carbocycles. The first-order valence-corrected chi connectivity index (χ1v) is 5.12. The van der Waals surface area contributed by atoms with Gasteiger partial charge >= 0.3 is 0 Å². The first-order valence-electron chi connectivity index (χ1n) is 5.12. The summed E-state index contributed by atoms with van der Waals surface area (Å²) in [4.78, 5) is 10.3. The van der Waals surface area contributed by atoms with Crippen molar-refractivity contribution < 1.29 is 19.5 Å². The van der Waals surface area contributed by atoms with Crippen LogP contribution in [0.15, 0.2) is 12.1 Å². The van der Waals surface area contributed by atoms with E-state index in [1.54, 1.807) is 0 Å². The fraction of sp³-hybridized carbons (Fsp3) is 0.333. The van der Waals surface area contributed by atoms with Crippen LogP contribution in [0.4, 0.5) is 5.69 Å². The van der Waals surface area contributed by atoms with Gasteiger partial charge in [0.05, 0.1) is 29.8 Å². The van der Waals surface area contributed by atoms with E-state index < -0.39 is 11.0 Å². The molecule has 6 nitrogen and oxygen atoms in total. The number of aliphatic hydroxyl groups is 1. The van der Waals surface area contributed by atoms with Gasteiger partial charge in [0.25, 0.3) is 5.69 Å². The molecule has 1 aromatic rings. The van der Waals surface area contributed by atoms with E-state index in [1.165, 1.54) is 26.2 Å². The molecule has 18 heavy (non-hydrogen) atoms. The molecule has 0 aliphatic heterocycles. The first-order chi connectivity index (χ1) is 8.51. The zero-order valence-electron chi connectivity index (χ0n) is 10.0. The molecule has 1 rings (SSSR count). The molecule has 0 spiro atoms. The molecule has 6 heteroatoms. The molecule has 1 N–H and O–H groups in total. The Morgan fingerprint density at radius 2 is 2.22 bits per heavy atom. The number of nitrogens with zero attached hydrogens (tertiary/aromatic N) is 1. The Balaban J connectivity index is 3.32. The lowest BCUT2D eigenvalue weighted by Gasteiger charge is -2.12. The number of hydrogen-bond donors (Lipinski definition) is 1. The fourth-order valence-electron chi connectivity index (χ4n) is 1.45. The lowest BCUT2D eigenvalue weighted by molar-refractivity contribution is -0.386. The highest BCUT2D eigenvalue weighted by atomic mass is 16.6. The van der Waals surface area contributed by atoms with E-state index in [0.717, 1.165) is 0 Å². The van der Waals surface area contributed by atoms with Crippen molar-refractivity contribution in [1.82, 2.24) is 0 Å². The Morgan fingerprint density at radius 3 is 2.67 bits per heavy atom. The maximum Gasteiger partial charge on any atom is 0.279 e. The molecular weight excluding hydrogens is 238 g/mol. The quantitative estimate of drug-likeness (QED) is 0.489. The van der Waals surface area contributed by atoms with Gasteiger partial charge in [0.1, 0.15) is 6.61 Å².